The van der Waals surface area contributed by atoms with Crippen LogP contribution >= 0.6 is 0 Å². The van der Waals surface area contributed by atoms with Crippen LogP contribution in [0.25, 0.3) is 0 Å². The minimum atomic E-state index is 0.591. The number of rotatable bonds is 5. The van der Waals surface area contributed by atoms with Gasteiger partial charge in [0.1, 0.15) is 18.0 Å². The summed E-state index contributed by atoms with van der Waals surface area (Å²) in [4.78, 5) is 10.9. The highest BCUT2D eigenvalue weighted by atomic mass is 15.2. The molecule has 2 fully saturated rings. The van der Waals surface area contributed by atoms with Crippen molar-refractivity contribution < 1.29 is 0 Å². The van der Waals surface area contributed by atoms with Crippen LogP contribution in [0, 0.1) is 0 Å². The van der Waals surface area contributed by atoms with Gasteiger partial charge in [0.25, 0.3) is 0 Å². The Bertz CT molecular complexity index is 412. The van der Waals surface area contributed by atoms with Crippen molar-refractivity contribution in [3.8, 4) is 0 Å². The standard InChI is InChI=1S/C14H23N5/c1-19(9-12-4-2-3-7-15-12)14-8-13(16-10-17-14)18-11-5-6-11/h8,10-12,15H,2-7,9H2,1H3,(H,16,17,18). The van der Waals surface area contributed by atoms with Gasteiger partial charge in [-0.1, -0.05) is 6.42 Å². The van der Waals surface area contributed by atoms with Crippen LogP contribution in [-0.2, 0) is 0 Å². The van der Waals surface area contributed by atoms with E-state index in [0.717, 1.165) is 24.7 Å². The van der Waals surface area contributed by atoms with Gasteiger partial charge in [-0.25, -0.2) is 9.97 Å². The van der Waals surface area contributed by atoms with Gasteiger partial charge in [0, 0.05) is 31.7 Å². The Morgan fingerprint density at radius 1 is 1.32 bits per heavy atom. The van der Waals surface area contributed by atoms with E-state index in [1.807, 2.05) is 0 Å². The van der Waals surface area contributed by atoms with E-state index in [-0.39, 0.29) is 0 Å². The molecule has 1 saturated carbocycles. The number of piperidine rings is 1. The van der Waals surface area contributed by atoms with Gasteiger partial charge in [-0.2, -0.15) is 0 Å². The Kier molecular flexibility index (Phi) is 3.82. The van der Waals surface area contributed by atoms with Crippen molar-refractivity contribution in [2.24, 2.45) is 0 Å². The molecule has 1 saturated heterocycles. The van der Waals surface area contributed by atoms with Gasteiger partial charge < -0.3 is 15.5 Å². The van der Waals surface area contributed by atoms with E-state index >= 15 is 0 Å². The highest BCUT2D eigenvalue weighted by molar-refractivity contribution is 5.49. The first kappa shape index (κ1) is 12.7. The van der Waals surface area contributed by atoms with E-state index < -0.39 is 0 Å². The van der Waals surface area contributed by atoms with Crippen LogP contribution in [-0.4, -0.2) is 42.2 Å². The third-order valence-electron chi connectivity index (χ3n) is 3.88. The van der Waals surface area contributed by atoms with Gasteiger partial charge in [-0.3, -0.25) is 0 Å². The van der Waals surface area contributed by atoms with Gasteiger partial charge in [0.05, 0.1) is 0 Å². The molecule has 1 aliphatic heterocycles. The fourth-order valence-electron chi connectivity index (χ4n) is 2.58. The lowest BCUT2D eigenvalue weighted by Gasteiger charge is -2.28. The summed E-state index contributed by atoms with van der Waals surface area (Å²) in [5, 5.41) is 7.00. The summed E-state index contributed by atoms with van der Waals surface area (Å²) < 4.78 is 0. The van der Waals surface area contributed by atoms with E-state index in [9.17, 15) is 0 Å². The molecule has 0 radical (unpaired) electrons. The molecule has 2 aliphatic rings. The number of hydrogen-bond donors (Lipinski definition) is 2. The molecule has 5 heteroatoms. The molecule has 104 valence electrons. The summed E-state index contributed by atoms with van der Waals surface area (Å²) in [6, 6.07) is 3.28. The van der Waals surface area contributed by atoms with Crippen LogP contribution in [0.15, 0.2) is 12.4 Å². The predicted octanol–water partition coefficient (Wildman–Crippen LogP) is 1.63. The maximum Gasteiger partial charge on any atom is 0.133 e. The van der Waals surface area contributed by atoms with Crippen molar-refractivity contribution in [2.45, 2.75) is 44.2 Å². The molecule has 0 amide bonds. The van der Waals surface area contributed by atoms with Crippen molar-refractivity contribution in [1.82, 2.24) is 15.3 Å². The van der Waals surface area contributed by atoms with Gasteiger partial charge >= 0.3 is 0 Å². The highest BCUT2D eigenvalue weighted by Crippen LogP contribution is 2.24. The Balaban J connectivity index is 1.59. The molecule has 19 heavy (non-hydrogen) atoms. The van der Waals surface area contributed by atoms with Crippen molar-refractivity contribution in [3.05, 3.63) is 12.4 Å². The average Bonchev–Trinajstić information content (AvgIpc) is 3.24. The Hall–Kier alpha value is -1.36. The van der Waals surface area contributed by atoms with E-state index in [1.54, 1.807) is 6.33 Å². The van der Waals surface area contributed by atoms with E-state index in [1.165, 1.54) is 32.1 Å². The average molecular weight is 261 g/mol. The highest BCUT2D eigenvalue weighted by Gasteiger charge is 2.22. The topological polar surface area (TPSA) is 53.1 Å². The largest absolute Gasteiger partial charge is 0.367 e. The molecule has 0 aromatic carbocycles. The van der Waals surface area contributed by atoms with E-state index in [0.29, 0.717) is 12.1 Å². The molecule has 1 aliphatic carbocycles. The molecule has 0 bridgehead atoms. The summed E-state index contributed by atoms with van der Waals surface area (Å²) >= 11 is 0. The van der Waals surface area contributed by atoms with Crippen LogP contribution in [0.5, 0.6) is 0 Å². The summed E-state index contributed by atoms with van der Waals surface area (Å²) in [5.41, 5.74) is 0. The number of nitrogens with zero attached hydrogens (tertiary/aromatic N) is 3. The summed E-state index contributed by atoms with van der Waals surface area (Å²) in [6.07, 6.45) is 8.10. The first-order chi connectivity index (χ1) is 9.31. The lowest BCUT2D eigenvalue weighted by Crippen LogP contribution is -2.42. The van der Waals surface area contributed by atoms with Crippen LogP contribution in [0.3, 0.4) is 0 Å². The SMILES string of the molecule is CN(CC1CCCCN1)c1cc(NC2CC2)ncn1. The van der Waals surface area contributed by atoms with Crippen LogP contribution in [0.4, 0.5) is 11.6 Å². The van der Waals surface area contributed by atoms with Crippen molar-refractivity contribution in [2.75, 3.05) is 30.4 Å². The van der Waals surface area contributed by atoms with Crippen molar-refractivity contribution in [3.63, 3.8) is 0 Å². The monoisotopic (exact) mass is 261 g/mol. The molecule has 1 atom stereocenters. The zero-order valence-corrected chi connectivity index (χ0v) is 11.6. The first-order valence-corrected chi connectivity index (χ1v) is 7.34. The molecule has 2 heterocycles. The summed E-state index contributed by atoms with van der Waals surface area (Å²) in [7, 11) is 2.11. The van der Waals surface area contributed by atoms with Crippen LogP contribution < -0.4 is 15.5 Å². The lowest BCUT2D eigenvalue weighted by atomic mass is 10.0. The fourth-order valence-corrected chi connectivity index (χ4v) is 2.58. The second-order valence-corrected chi connectivity index (χ2v) is 5.71. The van der Waals surface area contributed by atoms with E-state index in [2.05, 4.69) is 38.6 Å². The van der Waals surface area contributed by atoms with Gasteiger partial charge in [0.15, 0.2) is 0 Å². The molecule has 0 spiro atoms. The maximum absolute atomic E-state index is 4.38. The normalized spacial score (nSPS) is 23.1. The minimum Gasteiger partial charge on any atom is -0.367 e. The third kappa shape index (κ3) is 3.56. The Labute approximate surface area is 114 Å². The maximum atomic E-state index is 4.38. The van der Waals surface area contributed by atoms with Gasteiger partial charge in [-0.05, 0) is 32.2 Å². The molecule has 1 aromatic rings. The molecule has 2 N–H and O–H groups in total. The fraction of sp³-hybridized carbons (Fsp3) is 0.714. The molecule has 1 aromatic heterocycles. The second kappa shape index (κ2) is 5.74. The predicted molar refractivity (Wildman–Crippen MR) is 77.6 cm³/mol. The zero-order valence-electron chi connectivity index (χ0n) is 11.6. The quantitative estimate of drug-likeness (QED) is 0.843. The molecule has 5 nitrogen and oxygen atoms in total. The number of nitrogens with one attached hydrogen (secondary N) is 2. The second-order valence-electron chi connectivity index (χ2n) is 5.71. The number of anilines is 2. The van der Waals surface area contributed by atoms with Crippen LogP contribution in [0.1, 0.15) is 32.1 Å². The zero-order chi connectivity index (χ0) is 13.1. The molecule has 3 rings (SSSR count). The molecular formula is C14H23N5. The van der Waals surface area contributed by atoms with Crippen LogP contribution in [0.2, 0.25) is 0 Å². The van der Waals surface area contributed by atoms with Crippen molar-refractivity contribution in [1.29, 1.82) is 0 Å². The number of aromatic nitrogens is 2. The number of likely N-dealkylation sites (N-methyl/N-ethyl adjacent to an activating group) is 1. The van der Waals surface area contributed by atoms with Crippen molar-refractivity contribution >= 4 is 11.6 Å². The Morgan fingerprint density at radius 3 is 2.95 bits per heavy atom. The summed E-state index contributed by atoms with van der Waals surface area (Å²) in [5.74, 6) is 1.96. The summed E-state index contributed by atoms with van der Waals surface area (Å²) in [6.45, 7) is 2.16. The molecular weight excluding hydrogens is 238 g/mol. The van der Waals surface area contributed by atoms with Gasteiger partial charge in [-0.15, -0.1) is 0 Å². The minimum absolute atomic E-state index is 0.591. The lowest BCUT2D eigenvalue weighted by molar-refractivity contribution is 0.403. The first-order valence-electron chi connectivity index (χ1n) is 7.34. The smallest absolute Gasteiger partial charge is 0.133 e. The van der Waals surface area contributed by atoms with Gasteiger partial charge in [0.2, 0.25) is 0 Å². The third-order valence-corrected chi connectivity index (χ3v) is 3.88. The molecule has 1 unspecified atom stereocenters. The number of hydrogen-bond acceptors (Lipinski definition) is 5. The Morgan fingerprint density at radius 2 is 2.21 bits per heavy atom. The van der Waals surface area contributed by atoms with E-state index in [4.69, 9.17) is 0 Å².